The van der Waals surface area contributed by atoms with E-state index in [2.05, 4.69) is 0 Å². The third-order valence-electron chi connectivity index (χ3n) is 3.31. The van der Waals surface area contributed by atoms with Crippen LogP contribution < -0.4 is 0 Å². The quantitative estimate of drug-likeness (QED) is 0.498. The van der Waals surface area contributed by atoms with E-state index in [0.29, 0.717) is 5.56 Å². The largest absolute Gasteiger partial charge is 0.508 e. The average molecular weight is 272 g/mol. The lowest BCUT2D eigenvalue weighted by Crippen LogP contribution is -1.87. The number of hydrogen-bond acceptors (Lipinski definition) is 4. The minimum atomic E-state index is -0.187. The van der Waals surface area contributed by atoms with Crippen molar-refractivity contribution in [3.05, 3.63) is 47.5 Å². The minimum absolute atomic E-state index is 0.0132. The summed E-state index contributed by atoms with van der Waals surface area (Å²) in [6.07, 6.45) is 0. The van der Waals surface area contributed by atoms with E-state index in [9.17, 15) is 20.4 Å². The fourth-order valence-electron chi connectivity index (χ4n) is 2.00. The van der Waals surface area contributed by atoms with Gasteiger partial charge >= 0.3 is 0 Å². The number of allylic oxidation sites excluding steroid dienone is 2. The molecule has 20 heavy (non-hydrogen) atoms. The zero-order valence-corrected chi connectivity index (χ0v) is 11.3. The fraction of sp³-hybridized carbons (Fsp3) is 0.125. The molecule has 0 amide bonds. The van der Waals surface area contributed by atoms with Crippen molar-refractivity contribution in [3.8, 4) is 23.0 Å². The summed E-state index contributed by atoms with van der Waals surface area (Å²) in [7, 11) is 0. The van der Waals surface area contributed by atoms with Crippen LogP contribution in [0.2, 0.25) is 0 Å². The molecule has 0 bridgehead atoms. The molecular weight excluding hydrogens is 256 g/mol. The second-order valence-electron chi connectivity index (χ2n) is 4.69. The molecule has 4 N–H and O–H groups in total. The summed E-state index contributed by atoms with van der Waals surface area (Å²) in [4.78, 5) is 0. The van der Waals surface area contributed by atoms with E-state index in [1.807, 2.05) is 13.8 Å². The summed E-state index contributed by atoms with van der Waals surface area (Å²) in [6.45, 7) is 3.72. The van der Waals surface area contributed by atoms with Gasteiger partial charge in [0.1, 0.15) is 11.5 Å². The molecule has 0 saturated carbocycles. The van der Waals surface area contributed by atoms with Gasteiger partial charge in [-0.1, -0.05) is 6.07 Å². The molecule has 0 fully saturated rings. The van der Waals surface area contributed by atoms with Crippen LogP contribution in [0.4, 0.5) is 0 Å². The van der Waals surface area contributed by atoms with E-state index in [1.54, 1.807) is 18.2 Å². The van der Waals surface area contributed by atoms with Crippen LogP contribution in [0.15, 0.2) is 36.4 Å². The van der Waals surface area contributed by atoms with Crippen molar-refractivity contribution >= 4 is 11.1 Å². The molecule has 4 heteroatoms. The second-order valence-corrected chi connectivity index (χ2v) is 4.69. The summed E-state index contributed by atoms with van der Waals surface area (Å²) < 4.78 is 0. The Morgan fingerprint density at radius 2 is 1.20 bits per heavy atom. The summed E-state index contributed by atoms with van der Waals surface area (Å²) in [5, 5.41) is 37.9. The van der Waals surface area contributed by atoms with Gasteiger partial charge in [-0.2, -0.15) is 0 Å². The van der Waals surface area contributed by atoms with E-state index in [4.69, 9.17) is 0 Å². The van der Waals surface area contributed by atoms with Gasteiger partial charge in [0.05, 0.1) is 0 Å². The maximum atomic E-state index is 9.54. The Bertz CT molecular complexity index is 667. The van der Waals surface area contributed by atoms with Crippen LogP contribution in [-0.4, -0.2) is 20.4 Å². The maximum Gasteiger partial charge on any atom is 0.157 e. The third kappa shape index (κ3) is 2.69. The molecule has 0 spiro atoms. The van der Waals surface area contributed by atoms with E-state index in [1.165, 1.54) is 18.2 Å². The Morgan fingerprint density at radius 1 is 0.650 bits per heavy atom. The van der Waals surface area contributed by atoms with Gasteiger partial charge in [-0.3, -0.25) is 0 Å². The maximum absolute atomic E-state index is 9.54. The Labute approximate surface area is 116 Å². The lowest BCUT2D eigenvalue weighted by Gasteiger charge is -2.10. The first-order chi connectivity index (χ1) is 9.38. The first-order valence-electron chi connectivity index (χ1n) is 6.11. The molecule has 0 aliphatic heterocycles. The first kappa shape index (κ1) is 13.8. The van der Waals surface area contributed by atoms with Gasteiger partial charge in [-0.05, 0) is 60.4 Å². The number of phenolic OH excluding ortho intramolecular Hbond substituents is 4. The summed E-state index contributed by atoms with van der Waals surface area (Å²) in [6, 6.07) is 8.95. The zero-order chi connectivity index (χ0) is 14.9. The van der Waals surface area contributed by atoms with Crippen molar-refractivity contribution in [1.29, 1.82) is 0 Å². The van der Waals surface area contributed by atoms with E-state index in [0.717, 1.165) is 16.7 Å². The summed E-state index contributed by atoms with van der Waals surface area (Å²) in [5.41, 5.74) is 3.15. The van der Waals surface area contributed by atoms with Crippen LogP contribution in [0.1, 0.15) is 25.0 Å². The van der Waals surface area contributed by atoms with Gasteiger partial charge in [0.25, 0.3) is 0 Å². The summed E-state index contributed by atoms with van der Waals surface area (Å²) >= 11 is 0. The molecule has 2 rings (SSSR count). The Morgan fingerprint density at radius 3 is 1.75 bits per heavy atom. The number of aromatic hydroxyl groups is 4. The zero-order valence-electron chi connectivity index (χ0n) is 11.3. The van der Waals surface area contributed by atoms with Gasteiger partial charge in [0.2, 0.25) is 0 Å². The monoisotopic (exact) mass is 272 g/mol. The van der Waals surface area contributed by atoms with Crippen LogP contribution >= 0.6 is 0 Å². The Balaban J connectivity index is 2.51. The third-order valence-corrected chi connectivity index (χ3v) is 3.31. The van der Waals surface area contributed by atoms with Crippen molar-refractivity contribution < 1.29 is 20.4 Å². The predicted molar refractivity (Wildman–Crippen MR) is 77.7 cm³/mol. The number of benzene rings is 2. The molecule has 4 nitrogen and oxygen atoms in total. The molecule has 0 saturated heterocycles. The second kappa shape index (κ2) is 5.17. The molecule has 0 atom stereocenters. The van der Waals surface area contributed by atoms with Crippen molar-refractivity contribution in [2.75, 3.05) is 0 Å². The van der Waals surface area contributed by atoms with Crippen molar-refractivity contribution in [2.45, 2.75) is 13.8 Å². The molecule has 0 radical (unpaired) electrons. The van der Waals surface area contributed by atoms with Crippen LogP contribution in [0.25, 0.3) is 11.1 Å². The number of rotatable bonds is 2. The molecule has 0 heterocycles. The minimum Gasteiger partial charge on any atom is -0.508 e. The average Bonchev–Trinajstić information content (AvgIpc) is 2.39. The van der Waals surface area contributed by atoms with E-state index >= 15 is 0 Å². The summed E-state index contributed by atoms with van der Waals surface area (Å²) in [5.74, 6) is -0.385. The Kier molecular flexibility index (Phi) is 3.57. The molecule has 2 aromatic carbocycles. The smallest absolute Gasteiger partial charge is 0.157 e. The van der Waals surface area contributed by atoms with Crippen molar-refractivity contribution in [3.63, 3.8) is 0 Å². The highest BCUT2D eigenvalue weighted by Crippen LogP contribution is 2.33. The molecular formula is C16H16O4. The predicted octanol–water partition coefficient (Wildman–Crippen LogP) is 3.46. The molecule has 0 aromatic heterocycles. The van der Waals surface area contributed by atoms with Crippen LogP contribution in [-0.2, 0) is 0 Å². The topological polar surface area (TPSA) is 80.9 Å². The Hall–Kier alpha value is -2.62. The number of phenols is 4. The molecule has 0 unspecified atom stereocenters. The van der Waals surface area contributed by atoms with Crippen LogP contribution in [0, 0.1) is 0 Å². The van der Waals surface area contributed by atoms with Crippen LogP contribution in [0.5, 0.6) is 23.0 Å². The van der Waals surface area contributed by atoms with E-state index in [-0.39, 0.29) is 23.0 Å². The number of hydrogen-bond donors (Lipinski definition) is 4. The highest BCUT2D eigenvalue weighted by molar-refractivity contribution is 5.89. The standard InChI is InChI=1S/C16H16O4/c1-9(11-3-4-15(19)16(20)7-11)10(2)12-5-13(17)8-14(18)6-12/h3-8,17-20H,1-2H3. The normalized spacial score (nSPS) is 12.1. The lowest BCUT2D eigenvalue weighted by atomic mass is 9.96. The van der Waals surface area contributed by atoms with E-state index < -0.39 is 0 Å². The van der Waals surface area contributed by atoms with Gasteiger partial charge in [0.15, 0.2) is 11.5 Å². The van der Waals surface area contributed by atoms with Gasteiger partial charge < -0.3 is 20.4 Å². The molecule has 2 aromatic rings. The van der Waals surface area contributed by atoms with Crippen LogP contribution in [0.3, 0.4) is 0 Å². The van der Waals surface area contributed by atoms with Gasteiger partial charge in [-0.15, -0.1) is 0 Å². The van der Waals surface area contributed by atoms with Crippen molar-refractivity contribution in [2.24, 2.45) is 0 Å². The molecule has 0 aliphatic carbocycles. The lowest BCUT2D eigenvalue weighted by molar-refractivity contribution is 0.403. The van der Waals surface area contributed by atoms with Gasteiger partial charge in [-0.25, -0.2) is 0 Å². The highest BCUT2D eigenvalue weighted by Gasteiger charge is 2.08. The van der Waals surface area contributed by atoms with Gasteiger partial charge in [0, 0.05) is 6.07 Å². The highest BCUT2D eigenvalue weighted by atomic mass is 16.3. The SMILES string of the molecule is CC(=C(C)c1ccc(O)c(O)c1)c1cc(O)cc(O)c1. The van der Waals surface area contributed by atoms with Crippen molar-refractivity contribution in [1.82, 2.24) is 0 Å². The molecule has 104 valence electrons. The molecule has 0 aliphatic rings. The fourth-order valence-corrected chi connectivity index (χ4v) is 2.00. The first-order valence-corrected chi connectivity index (χ1v) is 6.11.